The van der Waals surface area contributed by atoms with Crippen molar-refractivity contribution >= 4 is 55.7 Å². The molecule has 3 rings (SSSR count). The number of amides is 3. The van der Waals surface area contributed by atoms with Crippen molar-refractivity contribution in [2.24, 2.45) is 4.99 Å². The van der Waals surface area contributed by atoms with Gasteiger partial charge in [0.2, 0.25) is 0 Å². The van der Waals surface area contributed by atoms with Crippen molar-refractivity contribution in [1.29, 1.82) is 0 Å². The van der Waals surface area contributed by atoms with Crippen LogP contribution in [0.5, 0.6) is 0 Å². The van der Waals surface area contributed by atoms with Gasteiger partial charge in [0.1, 0.15) is 24.5 Å². The molecule has 13 nitrogen and oxygen atoms in total. The number of carbonyl (C=O) groups excluding carboxylic acids is 2. The largest absolute Gasteiger partial charge is 0.469 e. The maximum atomic E-state index is 11.7. The summed E-state index contributed by atoms with van der Waals surface area (Å²) in [7, 11) is -4.77. The van der Waals surface area contributed by atoms with Crippen LogP contribution in [0.15, 0.2) is 4.99 Å². The van der Waals surface area contributed by atoms with Crippen LogP contribution in [-0.4, -0.2) is 116 Å². The second-order valence-corrected chi connectivity index (χ2v) is 6.64. The van der Waals surface area contributed by atoms with Crippen LogP contribution < -0.4 is 10.6 Å². The molecule has 0 saturated carbocycles. The quantitative estimate of drug-likeness (QED) is 0.204. The zero-order valence-corrected chi connectivity index (χ0v) is 15.8. The molecule has 0 aromatic carbocycles. The standard InChI is InChI=1S/C10H15N4O9P.Na/c15-5-3(1-22-24(19,20)21)23-9(6(5)16)14-2-11-4-7(14)12-10(18)13-8(4)17;/h2-7,9,15-16H,1H2,(H2,19,20,21)(H2,12,13,17,18);/t3-,4?,5-,6-,7?,9-;/m1./s1. The Morgan fingerprint density at radius 2 is 2.00 bits per heavy atom. The van der Waals surface area contributed by atoms with Gasteiger partial charge in [-0.2, -0.15) is 0 Å². The van der Waals surface area contributed by atoms with E-state index in [1.54, 1.807) is 0 Å². The van der Waals surface area contributed by atoms with E-state index in [4.69, 9.17) is 14.5 Å². The Labute approximate surface area is 162 Å². The molecule has 15 heteroatoms. The fraction of sp³-hybridized carbons (Fsp3) is 0.700. The number of hydrogen-bond acceptors (Lipinski definition) is 9. The molecule has 0 aromatic rings. The van der Waals surface area contributed by atoms with E-state index in [0.717, 1.165) is 0 Å². The molecule has 6 N–H and O–H groups in total. The summed E-state index contributed by atoms with van der Waals surface area (Å²) in [6.45, 7) is -0.662. The first-order valence-electron chi connectivity index (χ1n) is 6.81. The molecule has 0 spiro atoms. The van der Waals surface area contributed by atoms with Gasteiger partial charge in [-0.1, -0.05) is 0 Å². The molecule has 3 aliphatic rings. The van der Waals surface area contributed by atoms with Crippen LogP contribution in [0.4, 0.5) is 4.79 Å². The number of hydrogen-bond donors (Lipinski definition) is 6. The summed E-state index contributed by atoms with van der Waals surface area (Å²) in [5, 5.41) is 24.5. The van der Waals surface area contributed by atoms with Crippen molar-refractivity contribution in [3.8, 4) is 0 Å². The Balaban J connectivity index is 0.00000225. The third kappa shape index (κ3) is 4.22. The number of carbonyl (C=O) groups is 2. The summed E-state index contributed by atoms with van der Waals surface area (Å²) >= 11 is 0. The van der Waals surface area contributed by atoms with Crippen LogP contribution >= 0.6 is 7.82 Å². The van der Waals surface area contributed by atoms with E-state index in [1.165, 1.54) is 11.2 Å². The summed E-state index contributed by atoms with van der Waals surface area (Å²) in [6, 6.07) is -1.69. The third-order valence-corrected chi connectivity index (χ3v) is 4.29. The molecule has 135 valence electrons. The smallest absolute Gasteiger partial charge is 0.387 e. The number of fused-ring (bicyclic) bond motifs is 1. The maximum absolute atomic E-state index is 11.7. The van der Waals surface area contributed by atoms with Gasteiger partial charge in [-0.15, -0.1) is 0 Å². The fourth-order valence-corrected chi connectivity index (χ4v) is 3.03. The predicted molar refractivity (Wildman–Crippen MR) is 79.0 cm³/mol. The number of nitrogens with one attached hydrogen (secondary N) is 2. The molecule has 2 fully saturated rings. The molecule has 2 saturated heterocycles. The minimum absolute atomic E-state index is 0. The zero-order chi connectivity index (χ0) is 17.6. The van der Waals surface area contributed by atoms with Gasteiger partial charge in [0, 0.05) is 29.6 Å². The van der Waals surface area contributed by atoms with Crippen molar-refractivity contribution in [3.05, 3.63) is 0 Å². The van der Waals surface area contributed by atoms with E-state index >= 15 is 0 Å². The zero-order valence-electron chi connectivity index (χ0n) is 12.9. The Morgan fingerprint density at radius 1 is 1.32 bits per heavy atom. The Bertz CT molecular complexity index is 630. The first-order valence-corrected chi connectivity index (χ1v) is 8.34. The van der Waals surface area contributed by atoms with Gasteiger partial charge >= 0.3 is 13.9 Å². The van der Waals surface area contributed by atoms with Gasteiger partial charge < -0.3 is 35.0 Å². The molecule has 3 aliphatic heterocycles. The Hall–Kier alpha value is -0.600. The van der Waals surface area contributed by atoms with Crippen LogP contribution in [0.1, 0.15) is 0 Å². The van der Waals surface area contributed by atoms with Gasteiger partial charge in [-0.05, 0) is 0 Å². The van der Waals surface area contributed by atoms with E-state index in [-0.39, 0.29) is 29.6 Å². The number of aliphatic hydroxyl groups is 2. The molecule has 0 aromatic heterocycles. The fourth-order valence-electron chi connectivity index (χ4n) is 2.69. The molecule has 0 aliphatic carbocycles. The summed E-state index contributed by atoms with van der Waals surface area (Å²) in [5.41, 5.74) is 0. The number of phosphoric ester groups is 1. The topological polar surface area (TPSA) is 190 Å². The van der Waals surface area contributed by atoms with Crippen LogP contribution in [0, 0.1) is 0 Å². The van der Waals surface area contributed by atoms with Crippen LogP contribution in [0.25, 0.3) is 0 Å². The number of nitrogens with zero attached hydrogens (tertiary/aromatic N) is 2. The van der Waals surface area contributed by atoms with Crippen molar-refractivity contribution in [2.45, 2.75) is 36.7 Å². The molecular weight excluding hydrogens is 374 g/mol. The first kappa shape index (κ1) is 20.7. The molecule has 0 bridgehead atoms. The van der Waals surface area contributed by atoms with Gasteiger partial charge in [0.05, 0.1) is 12.9 Å². The number of phosphoric acid groups is 1. The SMILES string of the molecule is O=C1NC(=O)C2N=CN([C@@H]3O[C@H](COP(=O)(O)O)[C@@H](O)[C@H]3O)C2N1.[Na]. The number of aliphatic hydroxyl groups excluding tert-OH is 2. The van der Waals surface area contributed by atoms with Gasteiger partial charge in [0.15, 0.2) is 12.3 Å². The molecule has 25 heavy (non-hydrogen) atoms. The number of aliphatic imine (C=N–C) groups is 1. The van der Waals surface area contributed by atoms with Crippen molar-refractivity contribution in [2.75, 3.05) is 6.61 Å². The molecule has 3 amide bonds. The average Bonchev–Trinajstić information content (AvgIpc) is 3.00. The van der Waals surface area contributed by atoms with E-state index in [9.17, 15) is 24.4 Å². The maximum Gasteiger partial charge on any atom is 0.469 e. The molecule has 2 unspecified atom stereocenters. The third-order valence-electron chi connectivity index (χ3n) is 3.80. The average molecular weight is 389 g/mol. The monoisotopic (exact) mass is 389 g/mol. The van der Waals surface area contributed by atoms with Gasteiger partial charge in [-0.3, -0.25) is 19.6 Å². The second-order valence-electron chi connectivity index (χ2n) is 5.40. The summed E-state index contributed by atoms with van der Waals surface area (Å²) in [6.07, 6.45) is -5.13. The van der Waals surface area contributed by atoms with Crippen molar-refractivity contribution in [3.63, 3.8) is 0 Å². The summed E-state index contributed by atoms with van der Waals surface area (Å²) in [4.78, 5) is 45.6. The van der Waals surface area contributed by atoms with Crippen LogP contribution in [-0.2, 0) is 18.6 Å². The van der Waals surface area contributed by atoms with Crippen molar-refractivity contribution < 1.29 is 43.4 Å². The molecule has 1 radical (unpaired) electrons. The van der Waals surface area contributed by atoms with Crippen LogP contribution in [0.2, 0.25) is 0 Å². The second kappa shape index (κ2) is 7.56. The Morgan fingerprint density at radius 3 is 2.64 bits per heavy atom. The molecule has 6 atom stereocenters. The number of urea groups is 1. The Kier molecular flexibility index (Phi) is 6.27. The van der Waals surface area contributed by atoms with Crippen molar-refractivity contribution in [1.82, 2.24) is 15.5 Å². The summed E-state index contributed by atoms with van der Waals surface area (Å²) < 4.78 is 20.4. The molecular formula is C10H15N4NaO9P. The summed E-state index contributed by atoms with van der Waals surface area (Å²) in [5.74, 6) is -0.628. The van der Waals surface area contributed by atoms with Crippen LogP contribution in [0.3, 0.4) is 0 Å². The van der Waals surface area contributed by atoms with E-state index < -0.39 is 63.1 Å². The number of imide groups is 1. The number of ether oxygens (including phenoxy) is 1. The normalized spacial score (nSPS) is 37.4. The van der Waals surface area contributed by atoms with E-state index in [0.29, 0.717) is 0 Å². The van der Waals surface area contributed by atoms with Gasteiger partial charge in [0.25, 0.3) is 5.91 Å². The molecule has 3 heterocycles. The minimum Gasteiger partial charge on any atom is -0.387 e. The predicted octanol–water partition coefficient (Wildman–Crippen LogP) is -3.96. The van der Waals surface area contributed by atoms with E-state index in [2.05, 4.69) is 14.8 Å². The number of rotatable bonds is 4. The minimum atomic E-state index is -4.77. The van der Waals surface area contributed by atoms with Gasteiger partial charge in [-0.25, -0.2) is 9.36 Å². The van der Waals surface area contributed by atoms with E-state index in [1.807, 2.05) is 5.32 Å². The first-order chi connectivity index (χ1) is 11.2.